The fraction of sp³-hybridized carbons (Fsp3) is 0.542. The number of aromatic nitrogens is 5. The monoisotopic (exact) mass is 487 g/mol. The number of hydrogen-bond acceptors (Lipinski definition) is 6. The molecule has 8 nitrogen and oxygen atoms in total. The van der Waals surface area contributed by atoms with Crippen molar-refractivity contribution in [2.75, 3.05) is 6.61 Å². The van der Waals surface area contributed by atoms with E-state index in [0.29, 0.717) is 36.4 Å². The Bertz CT molecular complexity index is 1460. The van der Waals surface area contributed by atoms with Gasteiger partial charge >= 0.3 is 6.18 Å². The topological polar surface area (TPSA) is 91.9 Å². The zero-order valence-electron chi connectivity index (χ0n) is 19.3. The van der Waals surface area contributed by atoms with Crippen LogP contribution in [-0.4, -0.2) is 37.1 Å². The van der Waals surface area contributed by atoms with Crippen molar-refractivity contribution in [3.8, 4) is 0 Å². The molecule has 184 valence electrons. The SMILES string of the molecule is Cn1cc([C@H]2C[C@@H](c3nc(C45CC(C(F)(F)F)(C4)C5)c4cnn(C)c(=O)c4n3)CCO2)ccc1=O. The minimum atomic E-state index is -4.24. The highest BCUT2D eigenvalue weighted by molar-refractivity contribution is 5.81. The normalized spacial score (nSPS) is 30.1. The van der Waals surface area contributed by atoms with Crippen molar-refractivity contribution in [1.29, 1.82) is 0 Å². The van der Waals surface area contributed by atoms with Crippen LogP contribution >= 0.6 is 0 Å². The van der Waals surface area contributed by atoms with Gasteiger partial charge in [0.2, 0.25) is 5.56 Å². The molecule has 4 heterocycles. The molecule has 3 saturated carbocycles. The van der Waals surface area contributed by atoms with Crippen molar-refractivity contribution in [2.45, 2.75) is 55.7 Å². The van der Waals surface area contributed by atoms with E-state index in [1.165, 1.54) is 28.6 Å². The first-order valence-electron chi connectivity index (χ1n) is 11.6. The van der Waals surface area contributed by atoms with Crippen LogP contribution in [0.3, 0.4) is 0 Å². The number of pyridine rings is 1. The molecule has 4 fully saturated rings. The maximum Gasteiger partial charge on any atom is 0.394 e. The van der Waals surface area contributed by atoms with E-state index >= 15 is 0 Å². The van der Waals surface area contributed by atoms with Crippen molar-refractivity contribution in [1.82, 2.24) is 24.3 Å². The molecule has 4 aliphatic rings. The quantitative estimate of drug-likeness (QED) is 0.564. The van der Waals surface area contributed by atoms with E-state index < -0.39 is 22.6 Å². The molecule has 7 rings (SSSR count). The minimum absolute atomic E-state index is 0.0152. The molecule has 0 radical (unpaired) electrons. The Morgan fingerprint density at radius 1 is 1.11 bits per heavy atom. The largest absolute Gasteiger partial charge is 0.394 e. The van der Waals surface area contributed by atoms with E-state index in [1.807, 2.05) is 0 Å². The molecule has 0 amide bonds. The number of fused-ring (bicyclic) bond motifs is 1. The van der Waals surface area contributed by atoms with Crippen LogP contribution in [0.15, 0.2) is 34.1 Å². The zero-order chi connectivity index (χ0) is 24.8. The second kappa shape index (κ2) is 7.22. The predicted molar refractivity (Wildman–Crippen MR) is 119 cm³/mol. The number of ether oxygens (including phenoxy) is 1. The lowest BCUT2D eigenvalue weighted by atomic mass is 9.33. The molecule has 0 N–H and O–H groups in total. The highest BCUT2D eigenvalue weighted by atomic mass is 19.4. The summed E-state index contributed by atoms with van der Waals surface area (Å²) in [6.45, 7) is 0.436. The van der Waals surface area contributed by atoms with Gasteiger partial charge < -0.3 is 9.30 Å². The summed E-state index contributed by atoms with van der Waals surface area (Å²) in [5.41, 5.74) is -1.29. The molecule has 3 aliphatic carbocycles. The molecule has 3 aromatic heterocycles. The Balaban J connectivity index is 1.40. The van der Waals surface area contributed by atoms with E-state index in [2.05, 4.69) is 10.1 Å². The average Bonchev–Trinajstić information content (AvgIpc) is 2.75. The van der Waals surface area contributed by atoms with E-state index in [1.54, 1.807) is 19.3 Å². The second-order valence-corrected chi connectivity index (χ2v) is 10.3. The molecule has 2 bridgehead atoms. The van der Waals surface area contributed by atoms with Crippen molar-refractivity contribution < 1.29 is 17.9 Å². The first kappa shape index (κ1) is 22.4. The van der Waals surface area contributed by atoms with Crippen LogP contribution in [0, 0.1) is 5.41 Å². The van der Waals surface area contributed by atoms with Crippen molar-refractivity contribution in [2.24, 2.45) is 19.5 Å². The molecule has 0 spiro atoms. The predicted octanol–water partition coefficient (Wildman–Crippen LogP) is 3.04. The summed E-state index contributed by atoms with van der Waals surface area (Å²) in [4.78, 5) is 34.1. The summed E-state index contributed by atoms with van der Waals surface area (Å²) < 4.78 is 49.2. The number of halogens is 3. The molecule has 2 atom stereocenters. The van der Waals surface area contributed by atoms with Gasteiger partial charge in [-0.1, -0.05) is 0 Å². The van der Waals surface area contributed by atoms with Gasteiger partial charge in [-0.05, 0) is 43.7 Å². The van der Waals surface area contributed by atoms with Crippen LogP contribution in [0.5, 0.6) is 0 Å². The average molecular weight is 487 g/mol. The molecule has 0 unspecified atom stereocenters. The Kier molecular flexibility index (Phi) is 4.62. The zero-order valence-corrected chi connectivity index (χ0v) is 19.3. The number of rotatable bonds is 3. The highest BCUT2D eigenvalue weighted by Gasteiger charge is 2.79. The summed E-state index contributed by atoms with van der Waals surface area (Å²) in [7, 11) is 3.19. The van der Waals surface area contributed by atoms with Crippen LogP contribution in [0.25, 0.3) is 10.9 Å². The van der Waals surface area contributed by atoms with Crippen LogP contribution in [-0.2, 0) is 24.2 Å². The molecule has 35 heavy (non-hydrogen) atoms. The van der Waals surface area contributed by atoms with Crippen LogP contribution in [0.4, 0.5) is 13.2 Å². The fourth-order valence-electron chi connectivity index (χ4n) is 6.12. The highest BCUT2D eigenvalue weighted by Crippen LogP contribution is 2.78. The second-order valence-electron chi connectivity index (χ2n) is 10.3. The number of aryl methyl sites for hydroxylation is 2. The number of nitrogens with zero attached hydrogens (tertiary/aromatic N) is 5. The van der Waals surface area contributed by atoms with E-state index in [-0.39, 0.29) is 42.4 Å². The molecule has 0 aromatic carbocycles. The fourth-order valence-corrected chi connectivity index (χ4v) is 6.12. The maximum absolute atomic E-state index is 13.5. The Hall–Kier alpha value is -3.08. The molecule has 11 heteroatoms. The third kappa shape index (κ3) is 3.20. The lowest BCUT2D eigenvalue weighted by Gasteiger charge is -2.70. The summed E-state index contributed by atoms with van der Waals surface area (Å²) in [5.74, 6) is 0.315. The number of hydrogen-bond donors (Lipinski definition) is 0. The van der Waals surface area contributed by atoms with Crippen molar-refractivity contribution >= 4 is 10.9 Å². The van der Waals surface area contributed by atoms with Crippen molar-refractivity contribution in [3.05, 3.63) is 62.3 Å². The summed E-state index contributed by atoms with van der Waals surface area (Å²) in [5, 5.41) is 4.52. The summed E-state index contributed by atoms with van der Waals surface area (Å²) in [6.07, 6.45) is -0.178. The minimum Gasteiger partial charge on any atom is -0.373 e. The Morgan fingerprint density at radius 2 is 1.86 bits per heavy atom. The third-order valence-electron chi connectivity index (χ3n) is 8.08. The first-order valence-corrected chi connectivity index (χ1v) is 11.6. The number of alkyl halides is 3. The maximum atomic E-state index is 13.5. The molecular formula is C24H24F3N5O3. The third-order valence-corrected chi connectivity index (χ3v) is 8.08. The van der Waals surface area contributed by atoms with Gasteiger partial charge in [0.15, 0.2) is 0 Å². The van der Waals surface area contributed by atoms with E-state index in [4.69, 9.17) is 9.72 Å². The van der Waals surface area contributed by atoms with Gasteiger partial charge in [-0.25, -0.2) is 14.6 Å². The van der Waals surface area contributed by atoms with Gasteiger partial charge in [-0.2, -0.15) is 18.3 Å². The van der Waals surface area contributed by atoms with Gasteiger partial charge in [-0.3, -0.25) is 9.59 Å². The molecule has 3 aromatic rings. The van der Waals surface area contributed by atoms with Gasteiger partial charge in [-0.15, -0.1) is 0 Å². The lowest BCUT2D eigenvalue weighted by Crippen LogP contribution is -2.70. The van der Waals surface area contributed by atoms with Crippen LogP contribution < -0.4 is 11.1 Å². The smallest absolute Gasteiger partial charge is 0.373 e. The van der Waals surface area contributed by atoms with Crippen LogP contribution in [0.1, 0.15) is 61.2 Å². The van der Waals surface area contributed by atoms with E-state index in [9.17, 15) is 22.8 Å². The summed E-state index contributed by atoms with van der Waals surface area (Å²) in [6, 6.07) is 3.23. The summed E-state index contributed by atoms with van der Waals surface area (Å²) >= 11 is 0. The standard InChI is InChI=1S/C24H24F3N5O3/c1-31-9-14(3-4-17(31)33)16-7-13(5-6-35-16)20-29-18-15(8-28-32(2)21(18)34)19(30-20)22-10-23(11-22,12-22)24(25,26)27/h3-4,8-9,13,16H,5-7,10-12H2,1-2H3/t13-,16+,22?,23?/m0/s1. The molecular weight excluding hydrogens is 463 g/mol. The van der Waals surface area contributed by atoms with Crippen LogP contribution in [0.2, 0.25) is 0 Å². The Labute approximate surface area is 197 Å². The van der Waals surface area contributed by atoms with Gasteiger partial charge in [0.1, 0.15) is 11.3 Å². The molecule has 1 saturated heterocycles. The van der Waals surface area contributed by atoms with Gasteiger partial charge in [0.05, 0.1) is 23.4 Å². The Morgan fingerprint density at radius 3 is 2.54 bits per heavy atom. The lowest BCUT2D eigenvalue weighted by molar-refractivity contribution is -0.337. The van der Waals surface area contributed by atoms with Gasteiger partial charge in [0.25, 0.3) is 5.56 Å². The van der Waals surface area contributed by atoms with Gasteiger partial charge in [0, 0.05) is 49.7 Å². The first-order chi connectivity index (χ1) is 16.5. The molecule has 1 aliphatic heterocycles. The van der Waals surface area contributed by atoms with E-state index in [0.717, 1.165) is 5.56 Å². The van der Waals surface area contributed by atoms with Crippen molar-refractivity contribution in [3.63, 3.8) is 0 Å².